The molecule has 1 saturated carbocycles. The summed E-state index contributed by atoms with van der Waals surface area (Å²) in [7, 11) is 0. The average Bonchev–Trinajstić information content (AvgIpc) is 3.90. The predicted octanol–water partition coefficient (Wildman–Crippen LogP) is 12.0. The Hall–Kier alpha value is -5.25. The van der Waals surface area contributed by atoms with Crippen LogP contribution in [0.3, 0.4) is 0 Å². The molecule has 5 aromatic carbocycles. The van der Waals surface area contributed by atoms with Gasteiger partial charge in [-0.25, -0.2) is 4.98 Å². The van der Waals surface area contributed by atoms with Crippen LogP contribution in [0.2, 0.25) is 0 Å². The largest absolute Gasteiger partial charge is 2.00 e. The first-order valence-electron chi connectivity index (χ1n) is 18.6. The molecule has 1 fully saturated rings. The van der Waals surface area contributed by atoms with Gasteiger partial charge in [0.25, 0.3) is 0 Å². The van der Waals surface area contributed by atoms with Crippen molar-refractivity contribution < 1.29 is 30.2 Å². The van der Waals surface area contributed by atoms with Crippen LogP contribution in [0.4, 0.5) is 0 Å². The predicted molar refractivity (Wildman–Crippen MR) is 208 cm³/mol. The number of hydrogen-bond acceptors (Lipinski definition) is 4. The van der Waals surface area contributed by atoms with Crippen LogP contribution in [0, 0.1) is 24.0 Å². The number of pyridine rings is 2. The monoisotopic (exact) mass is 868 g/mol. The number of aromatic nitrogens is 3. The molecule has 5 nitrogen and oxygen atoms in total. The number of fused-ring (bicyclic) bond motifs is 9. The van der Waals surface area contributed by atoms with Crippen LogP contribution in [0.25, 0.3) is 71.6 Å². The smallest absolute Gasteiger partial charge is 0.503 e. The molecule has 0 spiro atoms. The quantitative estimate of drug-likeness (QED) is 0.162. The van der Waals surface area contributed by atoms with E-state index in [4.69, 9.17) is 19.1 Å². The zero-order valence-corrected chi connectivity index (χ0v) is 31.3. The molecule has 4 heterocycles. The minimum atomic E-state index is 0. The van der Waals surface area contributed by atoms with Crippen molar-refractivity contribution >= 4 is 54.5 Å². The summed E-state index contributed by atoms with van der Waals surface area (Å²) in [6, 6.07) is 42.9. The van der Waals surface area contributed by atoms with Gasteiger partial charge < -0.3 is 18.7 Å². The van der Waals surface area contributed by atoms with Crippen molar-refractivity contribution in [3.05, 3.63) is 139 Å². The van der Waals surface area contributed by atoms with E-state index in [0.717, 1.165) is 85.0 Å². The number of benzene rings is 5. The maximum atomic E-state index is 6.80. The van der Waals surface area contributed by atoms with Crippen LogP contribution in [-0.4, -0.2) is 14.5 Å². The molecule has 2 aliphatic carbocycles. The van der Waals surface area contributed by atoms with E-state index >= 15 is 0 Å². The van der Waals surface area contributed by atoms with Crippen LogP contribution in [0.1, 0.15) is 43.2 Å². The van der Waals surface area contributed by atoms with Crippen molar-refractivity contribution in [2.24, 2.45) is 11.8 Å². The molecular weight excluding hydrogens is 834 g/mol. The Morgan fingerprint density at radius 1 is 0.679 bits per heavy atom. The second-order valence-electron chi connectivity index (χ2n) is 14.6. The summed E-state index contributed by atoms with van der Waals surface area (Å²) in [5.74, 6) is 3.51. The molecule has 11 rings (SSSR count). The van der Waals surface area contributed by atoms with Gasteiger partial charge in [0.05, 0.1) is 5.58 Å². The maximum absolute atomic E-state index is 6.80. The second-order valence-corrected chi connectivity index (χ2v) is 14.6. The van der Waals surface area contributed by atoms with Gasteiger partial charge in [-0.2, -0.15) is 6.07 Å². The maximum Gasteiger partial charge on any atom is 2.00 e. The number of rotatable bonds is 5. The van der Waals surface area contributed by atoms with Crippen molar-refractivity contribution in [3.63, 3.8) is 0 Å². The Morgan fingerprint density at radius 2 is 1.53 bits per heavy atom. The molecule has 0 saturated heterocycles. The molecule has 4 aromatic heterocycles. The molecular formula is C47H35N3O2Pt. The fourth-order valence-corrected chi connectivity index (χ4v) is 9.28. The van der Waals surface area contributed by atoms with E-state index in [1.807, 2.05) is 36.7 Å². The number of hydrogen-bond donors (Lipinski definition) is 0. The van der Waals surface area contributed by atoms with Crippen LogP contribution >= 0.6 is 0 Å². The van der Waals surface area contributed by atoms with Gasteiger partial charge in [0.1, 0.15) is 11.4 Å². The zero-order valence-electron chi connectivity index (χ0n) is 29.0. The Bertz CT molecular complexity index is 2830. The van der Waals surface area contributed by atoms with E-state index in [1.165, 1.54) is 48.6 Å². The van der Waals surface area contributed by atoms with E-state index in [2.05, 4.69) is 95.6 Å². The minimum absolute atomic E-state index is 0. The van der Waals surface area contributed by atoms with Gasteiger partial charge in [-0.05, 0) is 76.9 Å². The Morgan fingerprint density at radius 3 is 2.42 bits per heavy atom. The second kappa shape index (κ2) is 13.0. The third kappa shape index (κ3) is 5.31. The molecule has 2 aliphatic rings. The van der Waals surface area contributed by atoms with E-state index in [0.29, 0.717) is 17.4 Å². The van der Waals surface area contributed by atoms with E-state index in [1.54, 1.807) is 0 Å². The number of nitrogens with zero attached hydrogens (tertiary/aromatic N) is 3. The average molecular weight is 869 g/mol. The zero-order chi connectivity index (χ0) is 34.2. The molecule has 1 atom stereocenters. The third-order valence-corrected chi connectivity index (χ3v) is 11.7. The summed E-state index contributed by atoms with van der Waals surface area (Å²) in [5, 5.41) is 6.64. The van der Waals surface area contributed by atoms with Crippen molar-refractivity contribution in [2.75, 3.05) is 0 Å². The standard InChI is InChI=1S/C47H35N3O2.Pt/c1-2-10-29(11-3-1)32-24-31-21-23-49-46(38(31)25-32)40-27-34(26-39-45-35-13-5-4-12-30(35)17-20-43(45)52-47(39)40)51-33-18-19-37-36-14-6-7-15-41(36)50(42(37)28-33)44-16-8-9-22-48-44;/h4-9,12-23,26,29,32H,1-3,10-11,24-25H2;/q-2;+2. The SMILES string of the molecule is [Pt+2].[c-]1c(Oc2[c-]c3c(cc2)c2ccccc2n3-c2ccccn2)cc2c(oc3ccc4ccccc4c32)c1-c1nccc2c1CC(C1CCCCC1)C2. The Kier molecular flexibility index (Phi) is 7.95. The van der Waals surface area contributed by atoms with E-state index in [-0.39, 0.29) is 21.1 Å². The minimum Gasteiger partial charge on any atom is -0.503 e. The first-order valence-corrected chi connectivity index (χ1v) is 18.6. The van der Waals surface area contributed by atoms with Crippen LogP contribution in [0.5, 0.6) is 11.5 Å². The van der Waals surface area contributed by atoms with Gasteiger partial charge in [-0.1, -0.05) is 126 Å². The normalized spacial score (nSPS) is 16.1. The number of para-hydroxylation sites is 1. The molecule has 0 amide bonds. The number of furan rings is 1. The molecule has 1 unspecified atom stereocenters. The summed E-state index contributed by atoms with van der Waals surface area (Å²) in [4.78, 5) is 9.78. The Balaban J connectivity index is 0.00000349. The van der Waals surface area contributed by atoms with Crippen LogP contribution < -0.4 is 4.74 Å². The van der Waals surface area contributed by atoms with Crippen LogP contribution in [-0.2, 0) is 33.9 Å². The van der Waals surface area contributed by atoms with Gasteiger partial charge in [0.15, 0.2) is 0 Å². The van der Waals surface area contributed by atoms with Crippen LogP contribution in [0.15, 0.2) is 120 Å². The molecule has 53 heavy (non-hydrogen) atoms. The van der Waals surface area contributed by atoms with Gasteiger partial charge in [-0.15, -0.1) is 17.5 Å². The molecule has 0 aliphatic heterocycles. The summed E-state index contributed by atoms with van der Waals surface area (Å²) in [6.07, 6.45) is 12.8. The third-order valence-electron chi connectivity index (χ3n) is 11.7. The summed E-state index contributed by atoms with van der Waals surface area (Å²) in [6.45, 7) is 0. The molecule has 0 bridgehead atoms. The van der Waals surface area contributed by atoms with Crippen molar-refractivity contribution in [1.29, 1.82) is 0 Å². The van der Waals surface area contributed by atoms with Gasteiger partial charge >= 0.3 is 21.1 Å². The summed E-state index contributed by atoms with van der Waals surface area (Å²) >= 11 is 0. The topological polar surface area (TPSA) is 53.1 Å². The molecule has 0 N–H and O–H groups in total. The van der Waals surface area contributed by atoms with Gasteiger partial charge in [0, 0.05) is 34.8 Å². The number of ether oxygens (including phenoxy) is 1. The van der Waals surface area contributed by atoms with Gasteiger partial charge in [0.2, 0.25) is 0 Å². The molecule has 260 valence electrons. The molecule has 0 radical (unpaired) electrons. The van der Waals surface area contributed by atoms with Crippen molar-refractivity contribution in [3.8, 4) is 28.6 Å². The van der Waals surface area contributed by atoms with Crippen molar-refractivity contribution in [1.82, 2.24) is 14.5 Å². The first kappa shape index (κ1) is 32.4. The van der Waals surface area contributed by atoms with Crippen molar-refractivity contribution in [2.45, 2.75) is 44.9 Å². The fourth-order valence-electron chi connectivity index (χ4n) is 9.28. The molecule has 9 aromatic rings. The molecule has 6 heteroatoms. The van der Waals surface area contributed by atoms with E-state index in [9.17, 15) is 0 Å². The summed E-state index contributed by atoms with van der Waals surface area (Å²) < 4.78 is 15.7. The summed E-state index contributed by atoms with van der Waals surface area (Å²) in [5.41, 5.74) is 8.21. The first-order chi connectivity index (χ1) is 25.8. The van der Waals surface area contributed by atoms with Gasteiger partial charge in [-0.3, -0.25) is 0 Å². The Labute approximate surface area is 321 Å². The fraction of sp³-hybridized carbons (Fsp3) is 0.191. The van der Waals surface area contributed by atoms with E-state index < -0.39 is 0 Å².